The van der Waals surface area contributed by atoms with Crippen molar-refractivity contribution in [3.05, 3.63) is 56.4 Å². The van der Waals surface area contributed by atoms with Gasteiger partial charge >= 0.3 is 0 Å². The van der Waals surface area contributed by atoms with Crippen LogP contribution in [0.15, 0.2) is 29.5 Å². The fourth-order valence-electron chi connectivity index (χ4n) is 1.66. The average molecular weight is 322 g/mol. The van der Waals surface area contributed by atoms with Crippen LogP contribution in [0.5, 0.6) is 0 Å². The van der Waals surface area contributed by atoms with Crippen LogP contribution in [0.1, 0.15) is 21.6 Å². The van der Waals surface area contributed by atoms with Crippen LogP contribution in [0.2, 0.25) is 5.02 Å². The van der Waals surface area contributed by atoms with Crippen molar-refractivity contribution in [2.24, 2.45) is 12.1 Å². The lowest BCUT2D eigenvalue weighted by atomic mass is 10.2. The van der Waals surface area contributed by atoms with Gasteiger partial charge in [-0.1, -0.05) is 11.6 Å². The normalized spacial score (nSPS) is 10.9. The van der Waals surface area contributed by atoms with Crippen molar-refractivity contribution in [1.29, 1.82) is 0 Å². The molecule has 0 saturated carbocycles. The lowest BCUT2D eigenvalue weighted by Crippen LogP contribution is -2.18. The number of hydrogen-bond donors (Lipinski definition) is 1. The Balaban J connectivity index is 2.09. The largest absolute Gasteiger partial charge is 0.272 e. The van der Waals surface area contributed by atoms with E-state index in [1.165, 1.54) is 18.3 Å². The summed E-state index contributed by atoms with van der Waals surface area (Å²) in [7, 11) is 1.79. The van der Waals surface area contributed by atoms with Crippen LogP contribution in [-0.4, -0.2) is 26.8 Å². The predicted octanol–water partition coefficient (Wildman–Crippen LogP) is 2.05. The Hall–Kier alpha value is -2.74. The molecule has 1 aromatic heterocycles. The van der Waals surface area contributed by atoms with Gasteiger partial charge in [0.2, 0.25) is 0 Å². The second-order valence-electron chi connectivity index (χ2n) is 4.43. The number of amides is 1. The highest BCUT2D eigenvalue weighted by atomic mass is 35.5. The zero-order valence-electron chi connectivity index (χ0n) is 11.8. The summed E-state index contributed by atoms with van der Waals surface area (Å²) in [5, 5.41) is 18.5. The van der Waals surface area contributed by atoms with Gasteiger partial charge in [0.15, 0.2) is 0 Å². The van der Waals surface area contributed by atoms with Gasteiger partial charge in [-0.3, -0.25) is 19.6 Å². The summed E-state index contributed by atoms with van der Waals surface area (Å²) in [6.45, 7) is 1.86. The monoisotopic (exact) mass is 321 g/mol. The topological polar surface area (TPSA) is 102 Å². The molecule has 1 amide bonds. The highest BCUT2D eigenvalue weighted by Crippen LogP contribution is 2.22. The Morgan fingerprint density at radius 2 is 2.27 bits per heavy atom. The third kappa shape index (κ3) is 3.29. The highest BCUT2D eigenvalue weighted by molar-refractivity contribution is 6.34. The van der Waals surface area contributed by atoms with E-state index in [4.69, 9.17) is 11.6 Å². The van der Waals surface area contributed by atoms with Crippen molar-refractivity contribution in [3.8, 4) is 0 Å². The number of nitro groups is 1. The van der Waals surface area contributed by atoms with Crippen LogP contribution >= 0.6 is 11.6 Å². The maximum atomic E-state index is 11.9. The second-order valence-corrected chi connectivity index (χ2v) is 4.84. The number of halogens is 1. The van der Waals surface area contributed by atoms with Crippen LogP contribution in [0, 0.1) is 17.0 Å². The van der Waals surface area contributed by atoms with Gasteiger partial charge in [0.05, 0.1) is 27.9 Å². The molecule has 0 aliphatic heterocycles. The van der Waals surface area contributed by atoms with E-state index in [0.717, 1.165) is 17.3 Å². The van der Waals surface area contributed by atoms with Crippen molar-refractivity contribution in [2.45, 2.75) is 6.92 Å². The van der Waals surface area contributed by atoms with E-state index in [2.05, 4.69) is 15.6 Å². The summed E-state index contributed by atoms with van der Waals surface area (Å²) in [5.74, 6) is -0.558. The van der Waals surface area contributed by atoms with Gasteiger partial charge in [-0.05, 0) is 13.0 Å². The van der Waals surface area contributed by atoms with Gasteiger partial charge in [0.25, 0.3) is 11.6 Å². The van der Waals surface area contributed by atoms with Crippen LogP contribution in [0.25, 0.3) is 0 Å². The molecule has 114 valence electrons. The number of aryl methyl sites for hydroxylation is 1. The smallest absolute Gasteiger partial charge is 0.272 e. The number of nitro benzene ring substituents is 1. The Bertz CT molecular complexity index is 769. The summed E-state index contributed by atoms with van der Waals surface area (Å²) in [6.07, 6.45) is 3.07. The van der Waals surface area contributed by atoms with Gasteiger partial charge < -0.3 is 0 Å². The first-order valence-electron chi connectivity index (χ1n) is 6.16. The van der Waals surface area contributed by atoms with E-state index in [1.54, 1.807) is 17.9 Å². The molecule has 0 spiro atoms. The molecule has 0 aliphatic carbocycles. The van der Waals surface area contributed by atoms with Crippen molar-refractivity contribution < 1.29 is 9.72 Å². The van der Waals surface area contributed by atoms with E-state index in [9.17, 15) is 14.9 Å². The molecule has 2 aromatic rings. The van der Waals surface area contributed by atoms with E-state index in [1.807, 2.05) is 6.92 Å². The van der Waals surface area contributed by atoms with Crippen molar-refractivity contribution in [3.63, 3.8) is 0 Å². The number of carbonyl (C=O) groups is 1. The third-order valence-corrected chi connectivity index (χ3v) is 3.36. The number of non-ortho nitro benzene ring substituents is 1. The van der Waals surface area contributed by atoms with Crippen molar-refractivity contribution >= 4 is 29.4 Å². The summed E-state index contributed by atoms with van der Waals surface area (Å²) in [5.41, 5.74) is 3.89. The number of aromatic nitrogens is 2. The first-order valence-corrected chi connectivity index (χ1v) is 6.54. The first kappa shape index (κ1) is 15.6. The molecule has 8 nitrogen and oxygen atoms in total. The Labute approximate surface area is 130 Å². The highest BCUT2D eigenvalue weighted by Gasteiger charge is 2.14. The number of benzene rings is 1. The van der Waals surface area contributed by atoms with Crippen molar-refractivity contribution in [1.82, 2.24) is 15.2 Å². The molecule has 1 N–H and O–H groups in total. The number of carbonyl (C=O) groups excluding carboxylic acids is 1. The number of rotatable bonds is 4. The molecular formula is C13H12ClN5O3. The number of nitrogens with one attached hydrogen (secondary N) is 1. The average Bonchev–Trinajstić information content (AvgIpc) is 2.79. The zero-order valence-corrected chi connectivity index (χ0v) is 12.5. The molecule has 1 aromatic carbocycles. The van der Waals surface area contributed by atoms with E-state index < -0.39 is 10.8 Å². The standard InChI is InChI=1S/C13H12ClN5O3/c1-8-9(7-16-18(8)2)6-15-17-13(20)11-4-3-10(19(21)22)5-12(11)14/h3-7H,1-2H3,(H,17,20)/b15-6+. The summed E-state index contributed by atoms with van der Waals surface area (Å²) < 4.78 is 1.68. The summed E-state index contributed by atoms with van der Waals surface area (Å²) >= 11 is 5.86. The number of hydrogen-bond acceptors (Lipinski definition) is 5. The molecule has 1 heterocycles. The lowest BCUT2D eigenvalue weighted by Gasteiger charge is -2.02. The second kappa shape index (κ2) is 6.35. The molecule has 22 heavy (non-hydrogen) atoms. The number of hydrazone groups is 1. The molecule has 0 atom stereocenters. The van der Waals surface area contributed by atoms with Crippen LogP contribution in [0.3, 0.4) is 0 Å². The molecule has 0 aliphatic rings. The lowest BCUT2D eigenvalue weighted by molar-refractivity contribution is -0.384. The van der Waals surface area contributed by atoms with Gasteiger partial charge in [-0.2, -0.15) is 10.2 Å². The minimum Gasteiger partial charge on any atom is -0.272 e. The molecule has 0 bridgehead atoms. The molecule has 0 saturated heterocycles. The fourth-order valence-corrected chi connectivity index (χ4v) is 1.93. The Kier molecular flexibility index (Phi) is 4.52. The molecule has 0 radical (unpaired) electrons. The summed E-state index contributed by atoms with van der Waals surface area (Å²) in [4.78, 5) is 22.0. The third-order valence-electron chi connectivity index (χ3n) is 3.05. The molecule has 0 fully saturated rings. The van der Waals surface area contributed by atoms with Crippen LogP contribution in [0.4, 0.5) is 5.69 Å². The maximum absolute atomic E-state index is 11.9. The van der Waals surface area contributed by atoms with Gasteiger partial charge in [0, 0.05) is 30.4 Å². The van der Waals surface area contributed by atoms with Gasteiger partial charge in [-0.15, -0.1) is 0 Å². The minimum absolute atomic E-state index is 0.0144. The van der Waals surface area contributed by atoms with Crippen molar-refractivity contribution in [2.75, 3.05) is 0 Å². The minimum atomic E-state index is -0.586. The van der Waals surface area contributed by atoms with E-state index >= 15 is 0 Å². The summed E-state index contributed by atoms with van der Waals surface area (Å²) in [6, 6.07) is 3.60. The van der Waals surface area contributed by atoms with Gasteiger partial charge in [-0.25, -0.2) is 5.43 Å². The van der Waals surface area contributed by atoms with Crippen LogP contribution < -0.4 is 5.43 Å². The molecular weight excluding hydrogens is 310 g/mol. The van der Waals surface area contributed by atoms with Crippen LogP contribution in [-0.2, 0) is 7.05 Å². The zero-order chi connectivity index (χ0) is 16.3. The Morgan fingerprint density at radius 3 is 2.82 bits per heavy atom. The molecule has 2 rings (SSSR count). The molecule has 0 unspecified atom stereocenters. The predicted molar refractivity (Wildman–Crippen MR) is 81.1 cm³/mol. The quantitative estimate of drug-likeness (QED) is 0.529. The first-order chi connectivity index (χ1) is 10.4. The number of nitrogens with zero attached hydrogens (tertiary/aromatic N) is 4. The SMILES string of the molecule is Cc1c(/C=N/NC(=O)c2ccc([N+](=O)[O-])cc2Cl)cnn1C. The Morgan fingerprint density at radius 1 is 1.55 bits per heavy atom. The van der Waals surface area contributed by atoms with E-state index in [0.29, 0.717) is 0 Å². The molecule has 9 heteroatoms. The van der Waals surface area contributed by atoms with E-state index in [-0.39, 0.29) is 16.3 Å². The maximum Gasteiger partial charge on any atom is 0.272 e. The van der Waals surface area contributed by atoms with Gasteiger partial charge in [0.1, 0.15) is 0 Å². The fraction of sp³-hybridized carbons (Fsp3) is 0.154.